The zero-order chi connectivity index (χ0) is 14.8. The first-order valence-corrected chi connectivity index (χ1v) is 8.13. The van der Waals surface area contributed by atoms with E-state index in [2.05, 4.69) is 55.9 Å². The highest BCUT2D eigenvalue weighted by molar-refractivity contribution is 5.12. The van der Waals surface area contributed by atoms with Crippen molar-refractivity contribution in [2.75, 3.05) is 13.6 Å². The van der Waals surface area contributed by atoms with Crippen LogP contribution in [-0.4, -0.2) is 23.4 Å². The first kappa shape index (κ1) is 15.6. The van der Waals surface area contributed by atoms with Crippen LogP contribution in [0.15, 0.2) is 12.3 Å². The summed E-state index contributed by atoms with van der Waals surface area (Å²) in [7, 11) is 2.07. The smallest absolute Gasteiger partial charge is 0.0492 e. The van der Waals surface area contributed by atoms with Crippen molar-refractivity contribution in [1.29, 1.82) is 0 Å². The number of rotatable bonds is 4. The summed E-state index contributed by atoms with van der Waals surface area (Å²) < 4.78 is 2.19. The lowest BCUT2D eigenvalue weighted by Gasteiger charge is -2.42. The van der Waals surface area contributed by atoms with E-state index in [1.165, 1.54) is 25.0 Å². The van der Waals surface area contributed by atoms with Crippen LogP contribution in [0.25, 0.3) is 0 Å². The van der Waals surface area contributed by atoms with Gasteiger partial charge >= 0.3 is 0 Å². The number of aromatic nitrogens is 2. The molecule has 0 radical (unpaired) electrons. The molecule has 1 fully saturated rings. The van der Waals surface area contributed by atoms with Crippen LogP contribution in [0.5, 0.6) is 0 Å². The van der Waals surface area contributed by atoms with Gasteiger partial charge in [-0.05, 0) is 63.1 Å². The Labute approximate surface area is 124 Å². The summed E-state index contributed by atoms with van der Waals surface area (Å²) in [5, 5.41) is 7.88. The monoisotopic (exact) mass is 277 g/mol. The molecule has 0 bridgehead atoms. The van der Waals surface area contributed by atoms with Gasteiger partial charge in [-0.25, -0.2) is 0 Å². The van der Waals surface area contributed by atoms with Crippen LogP contribution in [0.1, 0.15) is 58.6 Å². The molecule has 0 spiro atoms. The Hall–Kier alpha value is -0.830. The Morgan fingerprint density at radius 3 is 2.70 bits per heavy atom. The molecule has 1 saturated carbocycles. The predicted molar refractivity (Wildman–Crippen MR) is 84.9 cm³/mol. The molecule has 0 aliphatic heterocycles. The van der Waals surface area contributed by atoms with E-state index in [1.54, 1.807) is 0 Å². The summed E-state index contributed by atoms with van der Waals surface area (Å²) in [6.45, 7) is 11.5. The van der Waals surface area contributed by atoms with Crippen LogP contribution < -0.4 is 5.32 Å². The third-order valence-corrected chi connectivity index (χ3v) is 5.11. The van der Waals surface area contributed by atoms with Crippen molar-refractivity contribution in [2.45, 2.75) is 59.4 Å². The molecule has 20 heavy (non-hydrogen) atoms. The van der Waals surface area contributed by atoms with Crippen molar-refractivity contribution < 1.29 is 0 Å². The Morgan fingerprint density at radius 2 is 2.10 bits per heavy atom. The van der Waals surface area contributed by atoms with E-state index in [1.807, 2.05) is 6.20 Å². The first-order valence-electron chi connectivity index (χ1n) is 8.13. The topological polar surface area (TPSA) is 29.9 Å². The summed E-state index contributed by atoms with van der Waals surface area (Å²) in [5.74, 6) is 2.23. The Bertz CT molecular complexity index is 416. The quantitative estimate of drug-likeness (QED) is 0.910. The molecule has 1 heterocycles. The van der Waals surface area contributed by atoms with Gasteiger partial charge in [-0.3, -0.25) is 4.68 Å². The molecule has 114 valence electrons. The predicted octanol–water partition coefficient (Wildman–Crippen LogP) is 3.67. The molecule has 3 unspecified atom stereocenters. The normalized spacial score (nSPS) is 27.8. The van der Waals surface area contributed by atoms with Gasteiger partial charge in [0.1, 0.15) is 0 Å². The zero-order valence-electron chi connectivity index (χ0n) is 13.8. The highest BCUT2D eigenvalue weighted by Gasteiger charge is 2.37. The van der Waals surface area contributed by atoms with Crippen molar-refractivity contribution in [3.05, 3.63) is 18.0 Å². The Balaban J connectivity index is 2.23. The maximum absolute atomic E-state index is 4.49. The number of nitrogens with zero attached hydrogens (tertiary/aromatic N) is 2. The second-order valence-electron chi connectivity index (χ2n) is 7.37. The van der Waals surface area contributed by atoms with Crippen LogP contribution in [-0.2, 0) is 6.54 Å². The highest BCUT2D eigenvalue weighted by atomic mass is 15.3. The Kier molecular flexibility index (Phi) is 4.90. The minimum absolute atomic E-state index is 0.417. The summed E-state index contributed by atoms with van der Waals surface area (Å²) in [6.07, 6.45) is 5.98. The summed E-state index contributed by atoms with van der Waals surface area (Å²) in [6, 6.07) is 2.24. The largest absolute Gasteiger partial charge is 0.319 e. The van der Waals surface area contributed by atoms with Crippen LogP contribution in [0.4, 0.5) is 0 Å². The molecule has 0 amide bonds. The number of hydrogen-bond acceptors (Lipinski definition) is 2. The van der Waals surface area contributed by atoms with Gasteiger partial charge in [-0.15, -0.1) is 0 Å². The molecule has 0 saturated heterocycles. The van der Waals surface area contributed by atoms with Gasteiger partial charge in [-0.2, -0.15) is 5.10 Å². The molecule has 1 aromatic rings. The number of nitrogens with one attached hydrogen (secondary N) is 1. The fourth-order valence-electron chi connectivity index (χ4n) is 3.81. The fourth-order valence-corrected chi connectivity index (χ4v) is 3.81. The lowest BCUT2D eigenvalue weighted by Crippen LogP contribution is -2.35. The van der Waals surface area contributed by atoms with E-state index >= 15 is 0 Å². The van der Waals surface area contributed by atoms with Crippen LogP contribution in [0.3, 0.4) is 0 Å². The maximum Gasteiger partial charge on any atom is 0.0492 e. The van der Waals surface area contributed by atoms with Crippen molar-refractivity contribution in [2.24, 2.45) is 17.3 Å². The van der Waals surface area contributed by atoms with Gasteiger partial charge in [0, 0.05) is 24.4 Å². The van der Waals surface area contributed by atoms with E-state index in [4.69, 9.17) is 0 Å². The molecule has 2 rings (SSSR count). The standard InChI is InChI=1S/C17H31N3/c1-6-20-16(9-10-19-20)15-11-14(17(2,3)4)8-7-13(15)12-18-5/h9-10,13-15,18H,6-8,11-12H2,1-5H3. The van der Waals surface area contributed by atoms with Crippen LogP contribution >= 0.6 is 0 Å². The SMILES string of the molecule is CCn1nccc1C1CC(C(C)(C)C)CCC1CNC. The summed E-state index contributed by atoms with van der Waals surface area (Å²) in [5.41, 5.74) is 1.86. The molecule has 3 nitrogen and oxygen atoms in total. The third-order valence-electron chi connectivity index (χ3n) is 5.11. The van der Waals surface area contributed by atoms with E-state index in [0.717, 1.165) is 24.9 Å². The van der Waals surface area contributed by atoms with Gasteiger partial charge < -0.3 is 5.32 Å². The maximum atomic E-state index is 4.49. The van der Waals surface area contributed by atoms with Gasteiger partial charge in [0.15, 0.2) is 0 Å². The molecular formula is C17H31N3. The van der Waals surface area contributed by atoms with E-state index < -0.39 is 0 Å². The van der Waals surface area contributed by atoms with Gasteiger partial charge in [0.25, 0.3) is 0 Å². The average molecular weight is 277 g/mol. The van der Waals surface area contributed by atoms with Crippen molar-refractivity contribution >= 4 is 0 Å². The van der Waals surface area contributed by atoms with E-state index in [9.17, 15) is 0 Å². The fraction of sp³-hybridized carbons (Fsp3) is 0.824. The van der Waals surface area contributed by atoms with Crippen LogP contribution in [0, 0.1) is 17.3 Å². The minimum Gasteiger partial charge on any atom is -0.319 e. The molecule has 1 aromatic heterocycles. The molecule has 3 heteroatoms. The zero-order valence-corrected chi connectivity index (χ0v) is 13.8. The second-order valence-corrected chi connectivity index (χ2v) is 7.37. The third kappa shape index (κ3) is 3.25. The summed E-state index contributed by atoms with van der Waals surface area (Å²) in [4.78, 5) is 0. The van der Waals surface area contributed by atoms with Gasteiger partial charge in [-0.1, -0.05) is 20.8 Å². The molecule has 1 aliphatic carbocycles. The number of hydrogen-bond donors (Lipinski definition) is 1. The van der Waals surface area contributed by atoms with Gasteiger partial charge in [0.05, 0.1) is 0 Å². The molecule has 1 aliphatic rings. The minimum atomic E-state index is 0.417. The van der Waals surface area contributed by atoms with Crippen molar-refractivity contribution in [3.8, 4) is 0 Å². The van der Waals surface area contributed by atoms with Crippen LogP contribution in [0.2, 0.25) is 0 Å². The van der Waals surface area contributed by atoms with Crippen molar-refractivity contribution in [1.82, 2.24) is 15.1 Å². The highest BCUT2D eigenvalue weighted by Crippen LogP contribution is 2.46. The summed E-state index contributed by atoms with van der Waals surface area (Å²) >= 11 is 0. The van der Waals surface area contributed by atoms with Crippen molar-refractivity contribution in [3.63, 3.8) is 0 Å². The Morgan fingerprint density at radius 1 is 1.35 bits per heavy atom. The molecule has 1 N–H and O–H groups in total. The van der Waals surface area contributed by atoms with Gasteiger partial charge in [0.2, 0.25) is 0 Å². The molecule has 3 atom stereocenters. The van der Waals surface area contributed by atoms with E-state index in [0.29, 0.717) is 11.3 Å². The van der Waals surface area contributed by atoms with E-state index in [-0.39, 0.29) is 0 Å². The first-order chi connectivity index (χ1) is 9.47. The number of aryl methyl sites for hydroxylation is 1. The molecule has 0 aromatic carbocycles. The second kappa shape index (κ2) is 6.30. The lowest BCUT2D eigenvalue weighted by molar-refractivity contribution is 0.127. The lowest BCUT2D eigenvalue weighted by atomic mass is 9.64. The average Bonchev–Trinajstić information content (AvgIpc) is 2.86. The molecular weight excluding hydrogens is 246 g/mol.